The Morgan fingerprint density at radius 2 is 1.76 bits per heavy atom. The second kappa shape index (κ2) is 8.90. The van der Waals surface area contributed by atoms with E-state index in [1.165, 1.54) is 24.5 Å². The van der Waals surface area contributed by atoms with Crippen LogP contribution in [0.1, 0.15) is 47.7 Å². The number of piperidine rings is 1. The minimum atomic E-state index is -0.697. The van der Waals surface area contributed by atoms with Gasteiger partial charge in [-0.3, -0.25) is 19.1 Å². The largest absolute Gasteiger partial charge is 0.493 e. The Morgan fingerprint density at radius 1 is 1.03 bits per heavy atom. The van der Waals surface area contributed by atoms with Gasteiger partial charge >= 0.3 is 0 Å². The van der Waals surface area contributed by atoms with Crippen molar-refractivity contribution in [2.45, 2.75) is 50.2 Å². The zero-order chi connectivity index (χ0) is 25.8. The number of likely N-dealkylation sites (tertiary alicyclic amines) is 1. The van der Waals surface area contributed by atoms with E-state index in [0.717, 1.165) is 19.3 Å². The number of carbonyl (C=O) groups excluding carboxylic acids is 3. The number of ketones is 1. The monoisotopic (exact) mass is 502 g/mol. The average molecular weight is 503 g/mol. The average Bonchev–Trinajstić information content (AvgIpc) is 3.78. The fourth-order valence-corrected chi connectivity index (χ4v) is 6.09. The summed E-state index contributed by atoms with van der Waals surface area (Å²) in [6.45, 7) is -0.0949. The van der Waals surface area contributed by atoms with Crippen LogP contribution in [0.5, 0.6) is 11.5 Å². The smallest absolute Gasteiger partial charge is 0.269 e. The number of fused-ring (bicyclic) bond motifs is 2. The third-order valence-electron chi connectivity index (χ3n) is 8.15. The molecule has 2 aliphatic carbocycles. The highest BCUT2D eigenvalue weighted by atomic mass is 16.5. The lowest BCUT2D eigenvalue weighted by molar-refractivity contribution is -0.139. The molecule has 9 heteroatoms. The Morgan fingerprint density at radius 3 is 2.46 bits per heavy atom. The summed E-state index contributed by atoms with van der Waals surface area (Å²) in [6.07, 6.45) is 3.18. The van der Waals surface area contributed by atoms with Crippen molar-refractivity contribution in [1.82, 2.24) is 14.7 Å². The van der Waals surface area contributed by atoms with Crippen LogP contribution in [0.3, 0.4) is 0 Å². The van der Waals surface area contributed by atoms with Crippen molar-refractivity contribution in [2.75, 3.05) is 14.2 Å². The van der Waals surface area contributed by atoms with Crippen molar-refractivity contribution < 1.29 is 23.9 Å². The first-order valence-corrected chi connectivity index (χ1v) is 12.7. The van der Waals surface area contributed by atoms with Crippen LogP contribution >= 0.6 is 0 Å². The van der Waals surface area contributed by atoms with Gasteiger partial charge in [-0.15, -0.1) is 0 Å². The van der Waals surface area contributed by atoms with Crippen molar-refractivity contribution in [3.05, 3.63) is 53.7 Å². The zero-order valence-corrected chi connectivity index (χ0v) is 20.9. The molecule has 1 aliphatic heterocycles. The van der Waals surface area contributed by atoms with E-state index in [-0.39, 0.29) is 36.0 Å². The summed E-state index contributed by atoms with van der Waals surface area (Å²) >= 11 is 0. The molecule has 1 aromatic heterocycles. The molecule has 0 radical (unpaired) electrons. The Kier molecular flexibility index (Phi) is 5.66. The van der Waals surface area contributed by atoms with E-state index in [4.69, 9.17) is 15.2 Å². The van der Waals surface area contributed by atoms with E-state index in [1.54, 1.807) is 17.0 Å². The molecule has 1 saturated heterocycles. The Bertz CT molecular complexity index is 1400. The lowest BCUT2D eigenvalue weighted by atomic mass is 10.00. The van der Waals surface area contributed by atoms with Crippen LogP contribution < -0.4 is 15.2 Å². The van der Waals surface area contributed by atoms with Gasteiger partial charge in [0.2, 0.25) is 5.91 Å². The summed E-state index contributed by atoms with van der Waals surface area (Å²) in [5, 5.41) is 4.84. The van der Waals surface area contributed by atoms with Gasteiger partial charge in [0.05, 0.1) is 25.8 Å². The van der Waals surface area contributed by atoms with E-state index in [1.807, 2.05) is 18.2 Å². The fourth-order valence-electron chi connectivity index (χ4n) is 6.09. The van der Waals surface area contributed by atoms with E-state index < -0.39 is 5.91 Å². The van der Waals surface area contributed by atoms with E-state index in [2.05, 4.69) is 17.2 Å². The topological polar surface area (TPSA) is 117 Å². The molecular formula is C28H30N4O5. The maximum atomic E-state index is 13.6. The Hall–Kier alpha value is -3.88. The van der Waals surface area contributed by atoms with Crippen molar-refractivity contribution >= 4 is 28.5 Å². The summed E-state index contributed by atoms with van der Waals surface area (Å²) < 4.78 is 12.2. The number of carbonyl (C=O) groups is 3. The molecule has 3 aliphatic rings. The SMILES string of the molecule is COc1cc2c(C(N)=O)nn(CC(=O)N3[C@@H]4C[C@@H]4C[C@H]3C(=O)C[C@@H]3C[C@H]3c3ccccc3)c2cc1OC. The number of aromatic nitrogens is 2. The first-order chi connectivity index (χ1) is 17.9. The summed E-state index contributed by atoms with van der Waals surface area (Å²) in [4.78, 5) is 40.8. The van der Waals surface area contributed by atoms with E-state index >= 15 is 0 Å². The van der Waals surface area contributed by atoms with E-state index in [9.17, 15) is 14.4 Å². The molecule has 3 aromatic rings. The quantitative estimate of drug-likeness (QED) is 0.481. The first kappa shape index (κ1) is 23.5. The van der Waals surface area contributed by atoms with Gasteiger partial charge in [-0.1, -0.05) is 30.3 Å². The highest BCUT2D eigenvalue weighted by Gasteiger charge is 2.56. The Balaban J connectivity index is 1.21. The Labute approximate surface area is 214 Å². The van der Waals surface area contributed by atoms with Gasteiger partial charge < -0.3 is 20.1 Å². The summed E-state index contributed by atoms with van der Waals surface area (Å²) in [7, 11) is 3.02. The molecular weight excluding hydrogens is 472 g/mol. The number of nitrogens with zero attached hydrogens (tertiary/aromatic N) is 3. The molecule has 2 N–H and O–H groups in total. The third kappa shape index (κ3) is 4.12. The number of amides is 2. The second-order valence-electron chi connectivity index (χ2n) is 10.4. The van der Waals surface area contributed by atoms with Gasteiger partial charge in [0.15, 0.2) is 23.0 Å². The zero-order valence-electron chi connectivity index (χ0n) is 20.9. The predicted molar refractivity (Wildman–Crippen MR) is 135 cm³/mol. The molecule has 3 fully saturated rings. The van der Waals surface area contributed by atoms with Gasteiger partial charge in [-0.05, 0) is 48.6 Å². The lowest BCUT2D eigenvalue weighted by Crippen LogP contribution is -2.44. The lowest BCUT2D eigenvalue weighted by Gasteiger charge is -2.27. The minimum absolute atomic E-state index is 0.0581. The highest BCUT2D eigenvalue weighted by Crippen LogP contribution is 2.52. The van der Waals surface area contributed by atoms with Crippen LogP contribution in [0.4, 0.5) is 0 Å². The number of ether oxygens (including phenoxy) is 2. The van der Waals surface area contributed by atoms with E-state index in [0.29, 0.717) is 46.6 Å². The molecule has 5 atom stereocenters. The predicted octanol–water partition coefficient (Wildman–Crippen LogP) is 2.90. The van der Waals surface area contributed by atoms with Crippen LogP contribution in [0.15, 0.2) is 42.5 Å². The molecule has 2 amide bonds. The third-order valence-corrected chi connectivity index (χ3v) is 8.15. The highest BCUT2D eigenvalue weighted by molar-refractivity contribution is 6.05. The molecule has 2 saturated carbocycles. The van der Waals surface area contributed by atoms with Crippen molar-refractivity contribution in [3.8, 4) is 11.5 Å². The fraction of sp³-hybridized carbons (Fsp3) is 0.429. The molecule has 0 bridgehead atoms. The summed E-state index contributed by atoms with van der Waals surface area (Å²) in [6, 6.07) is 13.4. The number of primary amides is 1. The number of nitrogens with two attached hydrogens (primary N) is 1. The minimum Gasteiger partial charge on any atom is -0.493 e. The molecule has 192 valence electrons. The number of hydrogen-bond donors (Lipinski definition) is 1. The normalized spacial score (nSPS) is 25.6. The van der Waals surface area contributed by atoms with Crippen LogP contribution in [-0.4, -0.2) is 58.6 Å². The van der Waals surface area contributed by atoms with Crippen molar-refractivity contribution in [2.24, 2.45) is 17.6 Å². The van der Waals surface area contributed by atoms with Crippen LogP contribution in [0.2, 0.25) is 0 Å². The van der Waals surface area contributed by atoms with Gasteiger partial charge in [0.25, 0.3) is 5.91 Å². The van der Waals surface area contributed by atoms with Gasteiger partial charge in [-0.25, -0.2) is 0 Å². The van der Waals surface area contributed by atoms with Crippen LogP contribution in [0, 0.1) is 11.8 Å². The summed E-state index contributed by atoms with van der Waals surface area (Å²) in [5.41, 5.74) is 7.46. The van der Waals surface area contributed by atoms with Gasteiger partial charge in [0, 0.05) is 23.9 Å². The molecule has 6 rings (SSSR count). The number of rotatable bonds is 9. The molecule has 9 nitrogen and oxygen atoms in total. The number of Topliss-reactive ketones (excluding diaryl/α,β-unsaturated/α-hetero) is 1. The number of methoxy groups -OCH3 is 2. The second-order valence-corrected chi connectivity index (χ2v) is 10.4. The molecule has 0 unspecified atom stereocenters. The maximum absolute atomic E-state index is 13.6. The van der Waals surface area contributed by atoms with Crippen molar-refractivity contribution in [3.63, 3.8) is 0 Å². The van der Waals surface area contributed by atoms with Crippen LogP contribution in [0.25, 0.3) is 10.9 Å². The van der Waals surface area contributed by atoms with Crippen molar-refractivity contribution in [1.29, 1.82) is 0 Å². The maximum Gasteiger partial charge on any atom is 0.269 e. The molecule has 2 aromatic carbocycles. The van der Waals surface area contributed by atoms with Gasteiger partial charge in [0.1, 0.15) is 6.54 Å². The van der Waals surface area contributed by atoms with Gasteiger partial charge in [-0.2, -0.15) is 5.10 Å². The summed E-state index contributed by atoms with van der Waals surface area (Å²) in [5.74, 6) is 1.34. The number of benzene rings is 2. The molecule has 2 heterocycles. The van der Waals surface area contributed by atoms with Crippen LogP contribution in [-0.2, 0) is 16.1 Å². The standard InChI is InChI=1S/C28H30N4O5/c1-36-24-12-19-21(13-25(24)37-2)31(30-27(19)28(29)35)14-26(34)32-20-9-17(20)10-22(32)23(33)11-16-8-18(16)15-6-4-3-5-7-15/h3-7,12-13,16-18,20,22H,8-11,14H2,1-2H3,(H2,29,35)/t16-,17+,18-,20+,22-/m0/s1. The molecule has 37 heavy (non-hydrogen) atoms. The molecule has 0 spiro atoms. The number of hydrogen-bond acceptors (Lipinski definition) is 6. The first-order valence-electron chi connectivity index (χ1n) is 12.7.